The van der Waals surface area contributed by atoms with Gasteiger partial charge in [-0.25, -0.2) is 13.4 Å². The number of carbonyl (C=O) groups excluding carboxylic acids is 1. The molecule has 0 saturated carbocycles. The highest BCUT2D eigenvalue weighted by atomic mass is 32.2. The van der Waals surface area contributed by atoms with Crippen molar-refractivity contribution in [2.75, 3.05) is 0 Å². The lowest BCUT2D eigenvalue weighted by Crippen LogP contribution is -2.41. The fourth-order valence-corrected chi connectivity index (χ4v) is 4.18. The molecule has 3 aromatic rings. The number of hydrogen-bond donors (Lipinski definition) is 2. The first-order chi connectivity index (χ1) is 13.4. The Balaban J connectivity index is 1.66. The van der Waals surface area contributed by atoms with Gasteiger partial charge in [0.05, 0.1) is 4.90 Å². The number of benzene rings is 2. The lowest BCUT2D eigenvalue weighted by molar-refractivity contribution is 0.0941. The normalized spacial score (nSPS) is 11.4. The first kappa shape index (κ1) is 20.2. The van der Waals surface area contributed by atoms with Crippen molar-refractivity contribution in [1.82, 2.24) is 15.2 Å². The first-order valence-electron chi connectivity index (χ1n) is 8.89. The molecule has 0 fully saturated rings. The van der Waals surface area contributed by atoms with Gasteiger partial charge in [-0.3, -0.25) is 10.2 Å². The molecule has 0 bridgehead atoms. The number of nitrogens with zero attached hydrogens (tertiary/aromatic N) is 1. The molecule has 0 aliphatic rings. The van der Waals surface area contributed by atoms with Crippen LogP contribution in [0.2, 0.25) is 0 Å². The van der Waals surface area contributed by atoms with Crippen molar-refractivity contribution < 1.29 is 13.2 Å². The highest BCUT2D eigenvalue weighted by Gasteiger charge is 2.17. The second-order valence-electron chi connectivity index (χ2n) is 6.15. The highest BCUT2D eigenvalue weighted by Crippen LogP contribution is 2.24. The minimum absolute atomic E-state index is 0.0833. The molecule has 3 rings (SSSR count). The van der Waals surface area contributed by atoms with E-state index >= 15 is 0 Å². The van der Waals surface area contributed by atoms with E-state index in [1.807, 2.05) is 31.2 Å². The van der Waals surface area contributed by atoms with Crippen molar-refractivity contribution in [2.24, 2.45) is 0 Å². The van der Waals surface area contributed by atoms with E-state index in [1.165, 1.54) is 29.0 Å². The molecule has 2 N–H and O–H groups in total. The maximum Gasteiger partial charge on any atom is 0.285 e. The molecular formula is C20H21N3O3S2. The SMILES string of the molecule is CCc1ccc(-c2nc(C(=O)NNS(=O)(=O)c3ccc(CC)cc3)cs2)cc1. The third kappa shape index (κ3) is 4.64. The summed E-state index contributed by atoms with van der Waals surface area (Å²) >= 11 is 1.33. The maximum atomic E-state index is 12.3. The van der Waals surface area contributed by atoms with E-state index in [4.69, 9.17) is 0 Å². The number of nitrogens with one attached hydrogen (secondary N) is 2. The van der Waals surface area contributed by atoms with E-state index in [2.05, 4.69) is 22.2 Å². The highest BCUT2D eigenvalue weighted by molar-refractivity contribution is 7.89. The predicted molar refractivity (Wildman–Crippen MR) is 111 cm³/mol. The standard InChI is InChI=1S/C20H21N3O3S2/c1-3-14-5-9-16(10-6-14)20-21-18(13-27-20)19(24)22-23-28(25,26)17-11-7-15(4-2)8-12-17/h5-13,23H,3-4H2,1-2H3,(H,22,24). The first-order valence-corrected chi connectivity index (χ1v) is 11.2. The van der Waals surface area contributed by atoms with E-state index in [0.29, 0.717) is 5.01 Å². The zero-order chi connectivity index (χ0) is 20.1. The van der Waals surface area contributed by atoms with Crippen molar-refractivity contribution in [1.29, 1.82) is 0 Å². The molecule has 1 aromatic heterocycles. The van der Waals surface area contributed by atoms with Gasteiger partial charge in [0, 0.05) is 10.9 Å². The van der Waals surface area contributed by atoms with Crippen molar-refractivity contribution in [3.63, 3.8) is 0 Å². The van der Waals surface area contributed by atoms with E-state index in [9.17, 15) is 13.2 Å². The molecular weight excluding hydrogens is 394 g/mol. The minimum Gasteiger partial charge on any atom is -0.272 e. The van der Waals surface area contributed by atoms with Gasteiger partial charge in [-0.2, -0.15) is 0 Å². The van der Waals surface area contributed by atoms with Gasteiger partial charge in [-0.05, 0) is 36.1 Å². The molecule has 1 heterocycles. The Morgan fingerprint density at radius 3 is 2.11 bits per heavy atom. The molecule has 8 heteroatoms. The Morgan fingerprint density at radius 2 is 1.54 bits per heavy atom. The van der Waals surface area contributed by atoms with Crippen LogP contribution >= 0.6 is 11.3 Å². The Hall–Kier alpha value is -2.55. The summed E-state index contributed by atoms with van der Waals surface area (Å²) in [5, 5.41) is 2.30. The maximum absolute atomic E-state index is 12.3. The van der Waals surface area contributed by atoms with Crippen LogP contribution in [0.5, 0.6) is 0 Å². The molecule has 0 unspecified atom stereocenters. The van der Waals surface area contributed by atoms with Crippen LogP contribution in [0.15, 0.2) is 58.8 Å². The fourth-order valence-electron chi connectivity index (χ4n) is 2.53. The number of hydrogen-bond acceptors (Lipinski definition) is 5. The number of aromatic nitrogens is 1. The summed E-state index contributed by atoms with van der Waals surface area (Å²) in [7, 11) is -3.85. The van der Waals surface area contributed by atoms with Crippen molar-refractivity contribution >= 4 is 27.3 Å². The number of aryl methyl sites for hydroxylation is 2. The largest absolute Gasteiger partial charge is 0.285 e. The quantitative estimate of drug-likeness (QED) is 0.578. The minimum atomic E-state index is -3.85. The smallest absolute Gasteiger partial charge is 0.272 e. The molecule has 146 valence electrons. The van der Waals surface area contributed by atoms with Gasteiger partial charge >= 0.3 is 0 Å². The van der Waals surface area contributed by atoms with Gasteiger partial charge in [0.2, 0.25) is 0 Å². The van der Waals surface area contributed by atoms with Crippen LogP contribution in [0.4, 0.5) is 0 Å². The molecule has 0 aliphatic carbocycles. The number of hydrazine groups is 1. The molecule has 0 aliphatic heterocycles. The predicted octanol–water partition coefficient (Wildman–Crippen LogP) is 3.56. The van der Waals surface area contributed by atoms with Crippen molar-refractivity contribution in [2.45, 2.75) is 31.6 Å². The number of carbonyl (C=O) groups is 1. The molecule has 0 atom stereocenters. The summed E-state index contributed by atoms with van der Waals surface area (Å²) in [5.74, 6) is -0.610. The van der Waals surface area contributed by atoms with Gasteiger partial charge in [0.15, 0.2) is 0 Å². The third-order valence-corrected chi connectivity index (χ3v) is 6.44. The van der Waals surface area contributed by atoms with Crippen molar-refractivity contribution in [3.05, 3.63) is 70.7 Å². The van der Waals surface area contributed by atoms with Gasteiger partial charge in [0.1, 0.15) is 10.7 Å². The summed E-state index contributed by atoms with van der Waals surface area (Å²) < 4.78 is 24.6. The molecule has 6 nitrogen and oxygen atoms in total. The van der Waals surface area contributed by atoms with Gasteiger partial charge < -0.3 is 0 Å². The van der Waals surface area contributed by atoms with Crippen molar-refractivity contribution in [3.8, 4) is 10.6 Å². The molecule has 0 spiro atoms. The van der Waals surface area contributed by atoms with Crippen LogP contribution in [-0.4, -0.2) is 19.3 Å². The zero-order valence-electron chi connectivity index (χ0n) is 15.6. The molecule has 28 heavy (non-hydrogen) atoms. The Bertz CT molecular complexity index is 1060. The van der Waals surface area contributed by atoms with Crippen LogP contribution in [-0.2, 0) is 22.9 Å². The van der Waals surface area contributed by atoms with Crippen LogP contribution in [0.1, 0.15) is 35.5 Å². The second-order valence-corrected chi connectivity index (χ2v) is 8.69. The van der Waals surface area contributed by atoms with Crippen LogP contribution in [0, 0.1) is 0 Å². The van der Waals surface area contributed by atoms with Gasteiger partial charge in [-0.15, -0.1) is 16.2 Å². The summed E-state index contributed by atoms with van der Waals surface area (Å²) in [5.41, 5.74) is 5.54. The van der Waals surface area contributed by atoms with E-state index in [0.717, 1.165) is 24.0 Å². The lowest BCUT2D eigenvalue weighted by atomic mass is 10.1. The molecule has 1 amide bonds. The topological polar surface area (TPSA) is 88.2 Å². The van der Waals surface area contributed by atoms with E-state index in [-0.39, 0.29) is 10.6 Å². The van der Waals surface area contributed by atoms with E-state index in [1.54, 1.807) is 17.5 Å². The summed E-state index contributed by atoms with van der Waals surface area (Å²) in [4.78, 5) is 18.8. The number of amides is 1. The second kappa shape index (κ2) is 8.64. The molecule has 0 radical (unpaired) electrons. The Morgan fingerprint density at radius 1 is 0.964 bits per heavy atom. The summed E-state index contributed by atoms with van der Waals surface area (Å²) in [6.45, 7) is 4.07. The average Bonchev–Trinajstić information content (AvgIpc) is 3.22. The van der Waals surface area contributed by atoms with Gasteiger partial charge in [0.25, 0.3) is 15.9 Å². The van der Waals surface area contributed by atoms with E-state index < -0.39 is 15.9 Å². The van der Waals surface area contributed by atoms with Crippen LogP contribution < -0.4 is 10.3 Å². The summed E-state index contributed by atoms with van der Waals surface area (Å²) in [6, 6.07) is 14.5. The number of thiazole rings is 1. The van der Waals surface area contributed by atoms with Gasteiger partial charge in [-0.1, -0.05) is 50.2 Å². The number of sulfonamides is 1. The number of rotatable bonds is 7. The average molecular weight is 416 g/mol. The molecule has 0 saturated heterocycles. The monoisotopic (exact) mass is 415 g/mol. The third-order valence-electron chi connectivity index (χ3n) is 4.29. The molecule has 2 aromatic carbocycles. The zero-order valence-corrected chi connectivity index (χ0v) is 17.2. The van der Waals surface area contributed by atoms with Crippen LogP contribution in [0.25, 0.3) is 10.6 Å². The Kier molecular flexibility index (Phi) is 6.23. The Labute approximate surface area is 168 Å². The van der Waals surface area contributed by atoms with Crippen LogP contribution in [0.3, 0.4) is 0 Å². The lowest BCUT2D eigenvalue weighted by Gasteiger charge is -2.08. The summed E-state index contributed by atoms with van der Waals surface area (Å²) in [6.07, 6.45) is 1.77. The fraction of sp³-hybridized carbons (Fsp3) is 0.200.